The van der Waals surface area contributed by atoms with Crippen LogP contribution in [-0.2, 0) is 4.79 Å². The highest BCUT2D eigenvalue weighted by atomic mass is 79.9. The summed E-state index contributed by atoms with van der Waals surface area (Å²) >= 11 is 9.30. The third kappa shape index (κ3) is 4.51. The normalized spacial score (nSPS) is 17.8. The van der Waals surface area contributed by atoms with Gasteiger partial charge in [-0.3, -0.25) is 4.79 Å². The summed E-state index contributed by atoms with van der Waals surface area (Å²) in [4.78, 5) is 12.4. The molecule has 2 aromatic carbocycles. The molecule has 1 heterocycles. The van der Waals surface area contributed by atoms with E-state index in [1.165, 1.54) is 0 Å². The summed E-state index contributed by atoms with van der Waals surface area (Å²) in [6.45, 7) is 6.01. The summed E-state index contributed by atoms with van der Waals surface area (Å²) < 4.78 is 12.4. The molecule has 138 valence electrons. The van der Waals surface area contributed by atoms with Crippen LogP contribution in [0.4, 0.5) is 0 Å². The lowest BCUT2D eigenvalue weighted by Gasteiger charge is -2.38. The Morgan fingerprint density at radius 2 is 2.12 bits per heavy atom. The van der Waals surface area contributed by atoms with Crippen molar-refractivity contribution in [3.63, 3.8) is 0 Å². The zero-order valence-electron chi connectivity index (χ0n) is 14.9. The SMILES string of the molecule is Cc1ccc2c(c1)OC(C)(C)C[C@@H]2NC(=O)COc1ccc(Cl)cc1Br. The van der Waals surface area contributed by atoms with Gasteiger partial charge < -0.3 is 14.8 Å². The summed E-state index contributed by atoms with van der Waals surface area (Å²) in [6, 6.07) is 11.1. The minimum Gasteiger partial charge on any atom is -0.487 e. The lowest BCUT2D eigenvalue weighted by Crippen LogP contribution is -2.42. The summed E-state index contributed by atoms with van der Waals surface area (Å²) in [5.74, 6) is 1.22. The van der Waals surface area contributed by atoms with Crippen molar-refractivity contribution in [2.75, 3.05) is 6.61 Å². The first-order valence-electron chi connectivity index (χ1n) is 8.40. The molecular weight excluding hydrogens is 418 g/mol. The summed E-state index contributed by atoms with van der Waals surface area (Å²) in [6.07, 6.45) is 0.694. The van der Waals surface area contributed by atoms with Crippen LogP contribution in [0.25, 0.3) is 0 Å². The van der Waals surface area contributed by atoms with Crippen LogP contribution >= 0.6 is 27.5 Å². The fraction of sp³-hybridized carbons (Fsp3) is 0.350. The van der Waals surface area contributed by atoms with Crippen LogP contribution < -0.4 is 14.8 Å². The van der Waals surface area contributed by atoms with Gasteiger partial charge in [0.05, 0.1) is 10.5 Å². The Bertz CT molecular complexity index is 838. The predicted octanol–water partition coefficient (Wildman–Crippen LogP) is 5.21. The maximum Gasteiger partial charge on any atom is 0.258 e. The third-order valence-corrected chi connectivity index (χ3v) is 5.07. The second kappa shape index (κ2) is 7.49. The van der Waals surface area contributed by atoms with Crippen LogP contribution in [0.3, 0.4) is 0 Å². The van der Waals surface area contributed by atoms with Gasteiger partial charge in [0.1, 0.15) is 17.1 Å². The number of carbonyl (C=O) groups is 1. The summed E-state index contributed by atoms with van der Waals surface area (Å²) in [5, 5.41) is 3.67. The van der Waals surface area contributed by atoms with Gasteiger partial charge in [0.2, 0.25) is 0 Å². The molecule has 3 rings (SSSR count). The maximum absolute atomic E-state index is 12.4. The van der Waals surface area contributed by atoms with E-state index in [0.29, 0.717) is 21.7 Å². The number of fused-ring (bicyclic) bond motifs is 1. The Kier molecular flexibility index (Phi) is 5.49. The molecule has 0 radical (unpaired) electrons. The zero-order chi connectivity index (χ0) is 18.9. The molecule has 6 heteroatoms. The van der Waals surface area contributed by atoms with Crippen LogP contribution in [0.5, 0.6) is 11.5 Å². The number of aryl methyl sites for hydroxylation is 1. The number of hydrogen-bond acceptors (Lipinski definition) is 3. The van der Waals surface area contributed by atoms with Gasteiger partial charge in [-0.05, 0) is 66.5 Å². The van der Waals surface area contributed by atoms with E-state index in [0.717, 1.165) is 16.9 Å². The second-order valence-corrected chi connectivity index (χ2v) is 8.38. The van der Waals surface area contributed by atoms with Crippen LogP contribution in [0, 0.1) is 6.92 Å². The fourth-order valence-corrected chi connectivity index (χ4v) is 3.86. The van der Waals surface area contributed by atoms with E-state index >= 15 is 0 Å². The minimum absolute atomic E-state index is 0.0702. The predicted molar refractivity (Wildman–Crippen MR) is 106 cm³/mol. The third-order valence-electron chi connectivity index (χ3n) is 4.21. The number of amides is 1. The van der Waals surface area contributed by atoms with Crippen LogP contribution in [0.1, 0.15) is 37.4 Å². The van der Waals surface area contributed by atoms with Gasteiger partial charge in [0.25, 0.3) is 5.91 Å². The molecule has 0 fully saturated rings. The van der Waals surface area contributed by atoms with Crippen molar-refractivity contribution < 1.29 is 14.3 Å². The molecule has 0 bridgehead atoms. The molecule has 0 unspecified atom stereocenters. The molecule has 0 spiro atoms. The standard InChI is InChI=1S/C20H21BrClNO3/c1-12-4-6-14-16(10-20(2,3)26-18(14)8-12)23-19(24)11-25-17-7-5-13(22)9-15(17)21/h4-9,16H,10-11H2,1-3H3,(H,23,24)/t16-/m0/s1. The Morgan fingerprint density at radius 1 is 1.35 bits per heavy atom. The average Bonchev–Trinajstić information content (AvgIpc) is 2.52. The molecule has 1 aliphatic heterocycles. The van der Waals surface area contributed by atoms with Gasteiger partial charge in [-0.2, -0.15) is 0 Å². The zero-order valence-corrected chi connectivity index (χ0v) is 17.3. The summed E-state index contributed by atoms with van der Waals surface area (Å²) in [5.41, 5.74) is 1.78. The number of halogens is 2. The first-order chi connectivity index (χ1) is 12.2. The van der Waals surface area contributed by atoms with E-state index in [-0.39, 0.29) is 24.2 Å². The van der Waals surface area contributed by atoms with Crippen LogP contribution in [0.2, 0.25) is 5.02 Å². The number of nitrogens with one attached hydrogen (secondary N) is 1. The highest BCUT2D eigenvalue weighted by Crippen LogP contribution is 2.39. The number of benzene rings is 2. The Hall–Kier alpha value is -1.72. The van der Waals surface area contributed by atoms with Crippen molar-refractivity contribution in [3.8, 4) is 11.5 Å². The monoisotopic (exact) mass is 437 g/mol. The average molecular weight is 439 g/mol. The van der Waals surface area contributed by atoms with Crippen molar-refractivity contribution in [2.24, 2.45) is 0 Å². The molecule has 4 nitrogen and oxygen atoms in total. The lowest BCUT2D eigenvalue weighted by atomic mass is 9.89. The topological polar surface area (TPSA) is 47.6 Å². The molecule has 1 atom stereocenters. The molecule has 0 aliphatic carbocycles. The molecule has 0 saturated heterocycles. The smallest absolute Gasteiger partial charge is 0.258 e. The largest absolute Gasteiger partial charge is 0.487 e. The Balaban J connectivity index is 1.69. The number of hydrogen-bond donors (Lipinski definition) is 1. The van der Waals surface area contributed by atoms with Gasteiger partial charge in [-0.25, -0.2) is 0 Å². The number of ether oxygens (including phenoxy) is 2. The van der Waals surface area contributed by atoms with E-state index in [9.17, 15) is 4.79 Å². The number of rotatable bonds is 4. The quantitative estimate of drug-likeness (QED) is 0.713. The minimum atomic E-state index is -0.348. The molecule has 0 aromatic heterocycles. The van der Waals surface area contributed by atoms with Crippen molar-refractivity contribution in [1.29, 1.82) is 0 Å². The Labute approximate surface area is 167 Å². The van der Waals surface area contributed by atoms with Gasteiger partial charge in [0.15, 0.2) is 6.61 Å². The fourth-order valence-electron chi connectivity index (χ4n) is 3.06. The first kappa shape index (κ1) is 19.1. The molecule has 0 saturated carbocycles. The second-order valence-electron chi connectivity index (χ2n) is 7.09. The highest BCUT2D eigenvalue weighted by Gasteiger charge is 2.34. The molecule has 26 heavy (non-hydrogen) atoms. The van der Waals surface area contributed by atoms with E-state index in [1.807, 2.05) is 39.0 Å². The van der Waals surface area contributed by atoms with Gasteiger partial charge in [-0.15, -0.1) is 0 Å². The van der Waals surface area contributed by atoms with E-state index in [4.69, 9.17) is 21.1 Å². The van der Waals surface area contributed by atoms with E-state index in [2.05, 4.69) is 21.2 Å². The molecule has 1 aliphatic rings. The van der Waals surface area contributed by atoms with Crippen molar-refractivity contribution in [1.82, 2.24) is 5.32 Å². The van der Waals surface area contributed by atoms with Gasteiger partial charge in [-0.1, -0.05) is 23.7 Å². The van der Waals surface area contributed by atoms with Crippen LogP contribution in [-0.4, -0.2) is 18.1 Å². The van der Waals surface area contributed by atoms with E-state index in [1.54, 1.807) is 18.2 Å². The van der Waals surface area contributed by atoms with Crippen molar-refractivity contribution in [2.45, 2.75) is 38.8 Å². The van der Waals surface area contributed by atoms with Crippen molar-refractivity contribution >= 4 is 33.4 Å². The Morgan fingerprint density at radius 3 is 2.85 bits per heavy atom. The molecule has 2 aromatic rings. The molecule has 1 N–H and O–H groups in total. The molecular formula is C20H21BrClNO3. The maximum atomic E-state index is 12.4. The molecule has 1 amide bonds. The lowest BCUT2D eigenvalue weighted by molar-refractivity contribution is -0.124. The summed E-state index contributed by atoms with van der Waals surface area (Å²) in [7, 11) is 0. The van der Waals surface area contributed by atoms with Gasteiger partial charge in [0, 0.05) is 17.0 Å². The van der Waals surface area contributed by atoms with Crippen LogP contribution in [0.15, 0.2) is 40.9 Å². The van der Waals surface area contributed by atoms with Crippen molar-refractivity contribution in [3.05, 3.63) is 57.0 Å². The van der Waals surface area contributed by atoms with E-state index < -0.39 is 0 Å². The highest BCUT2D eigenvalue weighted by molar-refractivity contribution is 9.10. The van der Waals surface area contributed by atoms with Gasteiger partial charge >= 0.3 is 0 Å². The first-order valence-corrected chi connectivity index (χ1v) is 9.57. The number of carbonyl (C=O) groups excluding carboxylic acids is 1.